The SMILES string of the molecule is CC(C(=O)Nc1ccc(S(N)(=O)=O)cc1)N(C)CCOc1ccccc1F. The highest BCUT2D eigenvalue weighted by molar-refractivity contribution is 7.89. The average Bonchev–Trinajstić information content (AvgIpc) is 2.62. The number of sulfonamides is 1. The molecule has 2 rings (SSSR count). The number of ether oxygens (including phenoxy) is 1. The van der Waals surface area contributed by atoms with Crippen LogP contribution in [0.3, 0.4) is 0 Å². The van der Waals surface area contributed by atoms with E-state index in [2.05, 4.69) is 5.32 Å². The van der Waals surface area contributed by atoms with Gasteiger partial charge in [-0.1, -0.05) is 12.1 Å². The van der Waals surface area contributed by atoms with Gasteiger partial charge in [0.2, 0.25) is 15.9 Å². The molecule has 0 aliphatic heterocycles. The Balaban J connectivity index is 1.85. The monoisotopic (exact) mass is 395 g/mol. The molecule has 3 N–H and O–H groups in total. The summed E-state index contributed by atoms with van der Waals surface area (Å²) < 4.78 is 41.4. The molecule has 0 aromatic heterocycles. The normalized spacial score (nSPS) is 12.6. The van der Waals surface area contributed by atoms with Gasteiger partial charge in [0.25, 0.3) is 0 Å². The predicted molar refractivity (Wildman–Crippen MR) is 100 cm³/mol. The molecule has 0 bridgehead atoms. The van der Waals surface area contributed by atoms with Crippen molar-refractivity contribution in [1.29, 1.82) is 0 Å². The molecule has 2 aromatic carbocycles. The number of carbonyl (C=O) groups excluding carboxylic acids is 1. The van der Waals surface area contributed by atoms with E-state index in [4.69, 9.17) is 9.88 Å². The highest BCUT2D eigenvalue weighted by Gasteiger charge is 2.18. The Hall–Kier alpha value is -2.49. The highest BCUT2D eigenvalue weighted by atomic mass is 32.2. The number of benzene rings is 2. The standard InChI is InChI=1S/C18H22FN3O4S/c1-13(22(2)11-12-26-17-6-4-3-5-16(17)19)18(23)21-14-7-9-15(10-8-14)27(20,24)25/h3-10,13H,11-12H2,1-2H3,(H,21,23)(H2,20,24,25). The van der Waals surface area contributed by atoms with E-state index >= 15 is 0 Å². The average molecular weight is 395 g/mol. The first kappa shape index (κ1) is 20.8. The van der Waals surface area contributed by atoms with E-state index in [0.717, 1.165) is 0 Å². The lowest BCUT2D eigenvalue weighted by molar-refractivity contribution is -0.120. The quantitative estimate of drug-likeness (QED) is 0.710. The van der Waals surface area contributed by atoms with Gasteiger partial charge in [-0.3, -0.25) is 9.69 Å². The maximum absolute atomic E-state index is 13.5. The summed E-state index contributed by atoms with van der Waals surface area (Å²) in [7, 11) is -2.03. The molecule has 2 aromatic rings. The van der Waals surface area contributed by atoms with Crippen molar-refractivity contribution < 1.29 is 22.3 Å². The second-order valence-corrected chi connectivity index (χ2v) is 7.56. The number of likely N-dealkylation sites (N-methyl/N-ethyl adjacent to an activating group) is 1. The maximum atomic E-state index is 13.5. The van der Waals surface area contributed by atoms with E-state index in [-0.39, 0.29) is 23.2 Å². The Labute approximate surface area is 158 Å². The summed E-state index contributed by atoms with van der Waals surface area (Å²) in [6, 6.07) is 11.2. The molecule has 0 heterocycles. The molecular formula is C18H22FN3O4S. The van der Waals surface area contributed by atoms with Crippen LogP contribution in [0, 0.1) is 5.82 Å². The lowest BCUT2D eigenvalue weighted by Crippen LogP contribution is -2.41. The molecule has 0 radical (unpaired) electrons. The van der Waals surface area contributed by atoms with Gasteiger partial charge in [-0.15, -0.1) is 0 Å². The zero-order valence-corrected chi connectivity index (χ0v) is 15.9. The van der Waals surface area contributed by atoms with E-state index in [1.807, 2.05) is 0 Å². The Bertz CT molecular complexity index is 888. The topological polar surface area (TPSA) is 102 Å². The summed E-state index contributed by atoms with van der Waals surface area (Å²) in [5.74, 6) is -0.543. The number of nitrogens with zero attached hydrogens (tertiary/aromatic N) is 1. The Morgan fingerprint density at radius 3 is 2.44 bits per heavy atom. The number of nitrogens with two attached hydrogens (primary N) is 1. The van der Waals surface area contributed by atoms with Crippen LogP contribution in [0.1, 0.15) is 6.92 Å². The summed E-state index contributed by atoms with van der Waals surface area (Å²) in [5.41, 5.74) is 0.454. The minimum atomic E-state index is -3.78. The smallest absolute Gasteiger partial charge is 0.241 e. The molecule has 1 atom stereocenters. The number of halogens is 1. The van der Waals surface area contributed by atoms with Crippen molar-refractivity contribution >= 4 is 21.6 Å². The third-order valence-corrected chi connectivity index (χ3v) is 4.96. The van der Waals surface area contributed by atoms with Crippen LogP contribution in [-0.2, 0) is 14.8 Å². The van der Waals surface area contributed by atoms with Crippen LogP contribution in [0.2, 0.25) is 0 Å². The Morgan fingerprint density at radius 1 is 1.22 bits per heavy atom. The van der Waals surface area contributed by atoms with Gasteiger partial charge in [-0.05, 0) is 50.4 Å². The molecule has 0 fully saturated rings. The van der Waals surface area contributed by atoms with Crippen molar-refractivity contribution in [1.82, 2.24) is 4.90 Å². The van der Waals surface area contributed by atoms with Crippen molar-refractivity contribution in [2.75, 3.05) is 25.5 Å². The minimum absolute atomic E-state index is 0.0315. The fraction of sp³-hybridized carbons (Fsp3) is 0.278. The van der Waals surface area contributed by atoms with Gasteiger partial charge < -0.3 is 10.1 Å². The lowest BCUT2D eigenvalue weighted by Gasteiger charge is -2.24. The second kappa shape index (κ2) is 8.94. The van der Waals surface area contributed by atoms with Gasteiger partial charge in [0.1, 0.15) is 6.61 Å². The number of hydrogen-bond donors (Lipinski definition) is 2. The number of nitrogens with one attached hydrogen (secondary N) is 1. The van der Waals surface area contributed by atoms with Crippen LogP contribution in [0.25, 0.3) is 0 Å². The van der Waals surface area contributed by atoms with Gasteiger partial charge in [-0.25, -0.2) is 17.9 Å². The zero-order chi connectivity index (χ0) is 20.0. The van der Waals surface area contributed by atoms with Crippen molar-refractivity contribution in [3.63, 3.8) is 0 Å². The number of para-hydroxylation sites is 1. The molecule has 0 spiro atoms. The molecule has 0 saturated carbocycles. The van der Waals surface area contributed by atoms with Gasteiger partial charge in [0, 0.05) is 12.2 Å². The summed E-state index contributed by atoms with van der Waals surface area (Å²) in [5, 5.41) is 7.74. The molecule has 1 amide bonds. The van der Waals surface area contributed by atoms with Crippen LogP contribution in [0.4, 0.5) is 10.1 Å². The Kier molecular flexibility index (Phi) is 6.89. The van der Waals surface area contributed by atoms with E-state index in [0.29, 0.717) is 12.2 Å². The van der Waals surface area contributed by atoms with E-state index in [1.54, 1.807) is 31.0 Å². The molecule has 1 unspecified atom stereocenters. The summed E-state index contributed by atoms with van der Waals surface area (Å²) in [6.45, 7) is 2.35. The molecule has 0 aliphatic rings. The van der Waals surface area contributed by atoms with Crippen molar-refractivity contribution in [2.45, 2.75) is 17.9 Å². The number of anilines is 1. The van der Waals surface area contributed by atoms with Gasteiger partial charge in [0.15, 0.2) is 11.6 Å². The largest absolute Gasteiger partial charge is 0.489 e. The highest BCUT2D eigenvalue weighted by Crippen LogP contribution is 2.16. The van der Waals surface area contributed by atoms with Gasteiger partial charge in [0.05, 0.1) is 10.9 Å². The summed E-state index contributed by atoms with van der Waals surface area (Å²) >= 11 is 0. The third kappa shape index (κ3) is 6.02. The molecule has 0 saturated heterocycles. The number of primary sulfonamides is 1. The molecular weight excluding hydrogens is 373 g/mol. The van der Waals surface area contributed by atoms with Gasteiger partial charge >= 0.3 is 0 Å². The zero-order valence-electron chi connectivity index (χ0n) is 15.1. The van der Waals surface area contributed by atoms with Crippen molar-refractivity contribution in [2.24, 2.45) is 5.14 Å². The Morgan fingerprint density at radius 2 is 1.85 bits per heavy atom. The molecule has 27 heavy (non-hydrogen) atoms. The van der Waals surface area contributed by atoms with Crippen LogP contribution in [-0.4, -0.2) is 45.5 Å². The number of carbonyl (C=O) groups is 1. The first-order valence-electron chi connectivity index (χ1n) is 8.20. The maximum Gasteiger partial charge on any atom is 0.241 e. The molecule has 9 heteroatoms. The van der Waals surface area contributed by atoms with Crippen LogP contribution in [0.5, 0.6) is 5.75 Å². The number of amides is 1. The van der Waals surface area contributed by atoms with Crippen molar-refractivity contribution in [3.05, 3.63) is 54.3 Å². The predicted octanol–water partition coefficient (Wildman–Crippen LogP) is 1.81. The molecule has 7 nitrogen and oxygen atoms in total. The third-order valence-electron chi connectivity index (χ3n) is 4.03. The fourth-order valence-corrected chi connectivity index (χ4v) is 2.75. The summed E-state index contributed by atoms with van der Waals surface area (Å²) in [4.78, 5) is 14.1. The van der Waals surface area contributed by atoms with Crippen molar-refractivity contribution in [3.8, 4) is 5.75 Å². The van der Waals surface area contributed by atoms with E-state index in [1.165, 1.54) is 36.4 Å². The van der Waals surface area contributed by atoms with E-state index in [9.17, 15) is 17.6 Å². The fourth-order valence-electron chi connectivity index (χ4n) is 2.23. The first-order chi connectivity index (χ1) is 12.7. The molecule has 0 aliphatic carbocycles. The molecule has 146 valence electrons. The summed E-state index contributed by atoms with van der Waals surface area (Å²) in [6.07, 6.45) is 0. The van der Waals surface area contributed by atoms with E-state index < -0.39 is 21.9 Å². The first-order valence-corrected chi connectivity index (χ1v) is 9.74. The number of hydrogen-bond acceptors (Lipinski definition) is 5. The minimum Gasteiger partial charge on any atom is -0.489 e. The van der Waals surface area contributed by atoms with Gasteiger partial charge in [-0.2, -0.15) is 0 Å². The van der Waals surface area contributed by atoms with Crippen LogP contribution < -0.4 is 15.2 Å². The second-order valence-electron chi connectivity index (χ2n) is 5.99. The van der Waals surface area contributed by atoms with Crippen LogP contribution >= 0.6 is 0 Å². The van der Waals surface area contributed by atoms with Crippen LogP contribution in [0.15, 0.2) is 53.4 Å². The number of rotatable bonds is 8. The lowest BCUT2D eigenvalue weighted by atomic mass is 10.2.